The SMILES string of the molecule is CCCN(C(=O)Cc1cnn(-c2ccccc2)c1)C(C)c1ccccc1Br. The highest BCUT2D eigenvalue weighted by Crippen LogP contribution is 2.28. The molecular formula is C22H24BrN3O. The van der Waals surface area contributed by atoms with Crippen LogP contribution in [-0.2, 0) is 11.2 Å². The molecule has 1 aromatic heterocycles. The maximum absolute atomic E-state index is 13.0. The van der Waals surface area contributed by atoms with E-state index >= 15 is 0 Å². The van der Waals surface area contributed by atoms with Gasteiger partial charge in [0, 0.05) is 17.2 Å². The molecule has 1 amide bonds. The van der Waals surface area contributed by atoms with E-state index < -0.39 is 0 Å². The smallest absolute Gasteiger partial charge is 0.227 e. The summed E-state index contributed by atoms with van der Waals surface area (Å²) in [4.78, 5) is 15.0. The third kappa shape index (κ3) is 4.66. The number of hydrogen-bond donors (Lipinski definition) is 0. The standard InChI is InChI=1S/C22H24BrN3O/c1-3-13-25(17(2)20-11-7-8-12-21(20)23)22(27)14-18-15-24-26(16-18)19-9-5-4-6-10-19/h4-12,15-17H,3,13-14H2,1-2H3. The summed E-state index contributed by atoms with van der Waals surface area (Å²) in [7, 11) is 0. The molecule has 1 atom stereocenters. The molecule has 0 N–H and O–H groups in total. The van der Waals surface area contributed by atoms with E-state index in [0.717, 1.165) is 34.3 Å². The zero-order valence-corrected chi connectivity index (χ0v) is 17.3. The van der Waals surface area contributed by atoms with Crippen LogP contribution in [0, 0.1) is 0 Å². The Hall–Kier alpha value is -2.40. The minimum atomic E-state index is 0.0113. The molecule has 0 aliphatic carbocycles. The van der Waals surface area contributed by atoms with Crippen LogP contribution in [0.4, 0.5) is 0 Å². The first-order chi connectivity index (χ1) is 13.1. The highest BCUT2D eigenvalue weighted by atomic mass is 79.9. The highest BCUT2D eigenvalue weighted by molar-refractivity contribution is 9.10. The van der Waals surface area contributed by atoms with E-state index in [4.69, 9.17) is 0 Å². The number of rotatable bonds is 7. The molecule has 0 fully saturated rings. The van der Waals surface area contributed by atoms with Gasteiger partial charge in [-0.05, 0) is 42.7 Å². The summed E-state index contributed by atoms with van der Waals surface area (Å²) in [5.74, 6) is 0.118. The maximum atomic E-state index is 13.0. The molecule has 2 aromatic carbocycles. The number of amides is 1. The normalized spacial score (nSPS) is 12.0. The van der Waals surface area contributed by atoms with Gasteiger partial charge in [0.25, 0.3) is 0 Å². The second-order valence-corrected chi connectivity index (χ2v) is 7.44. The minimum Gasteiger partial charge on any atom is -0.336 e. The van der Waals surface area contributed by atoms with Gasteiger partial charge in [-0.2, -0.15) is 5.10 Å². The van der Waals surface area contributed by atoms with Gasteiger partial charge in [0.05, 0.1) is 24.3 Å². The number of benzene rings is 2. The Bertz CT molecular complexity index is 891. The van der Waals surface area contributed by atoms with Crippen molar-refractivity contribution in [3.05, 3.63) is 82.6 Å². The van der Waals surface area contributed by atoms with Gasteiger partial charge in [0.15, 0.2) is 0 Å². The van der Waals surface area contributed by atoms with Crippen LogP contribution in [0.1, 0.15) is 37.4 Å². The van der Waals surface area contributed by atoms with Crippen molar-refractivity contribution in [3.63, 3.8) is 0 Å². The molecule has 0 spiro atoms. The van der Waals surface area contributed by atoms with Gasteiger partial charge in [-0.15, -0.1) is 0 Å². The average molecular weight is 426 g/mol. The minimum absolute atomic E-state index is 0.0113. The van der Waals surface area contributed by atoms with Crippen molar-refractivity contribution in [2.24, 2.45) is 0 Å². The Morgan fingerprint density at radius 2 is 1.85 bits per heavy atom. The lowest BCUT2D eigenvalue weighted by atomic mass is 10.1. The fourth-order valence-corrected chi connectivity index (χ4v) is 3.82. The van der Waals surface area contributed by atoms with E-state index in [1.54, 1.807) is 6.20 Å². The zero-order chi connectivity index (χ0) is 19.2. The number of carbonyl (C=O) groups is 1. The van der Waals surface area contributed by atoms with Crippen LogP contribution in [0.5, 0.6) is 0 Å². The Morgan fingerprint density at radius 1 is 1.15 bits per heavy atom. The predicted molar refractivity (Wildman–Crippen MR) is 112 cm³/mol. The molecule has 0 radical (unpaired) electrons. The molecule has 1 heterocycles. The lowest BCUT2D eigenvalue weighted by molar-refractivity contribution is -0.132. The van der Waals surface area contributed by atoms with Crippen LogP contribution >= 0.6 is 15.9 Å². The lowest BCUT2D eigenvalue weighted by Gasteiger charge is -2.30. The third-order valence-electron chi connectivity index (χ3n) is 4.62. The van der Waals surface area contributed by atoms with Gasteiger partial charge in [-0.25, -0.2) is 4.68 Å². The molecule has 0 aliphatic rings. The van der Waals surface area contributed by atoms with E-state index in [2.05, 4.69) is 40.9 Å². The van der Waals surface area contributed by atoms with Crippen molar-refractivity contribution in [2.75, 3.05) is 6.54 Å². The second-order valence-electron chi connectivity index (χ2n) is 6.59. The van der Waals surface area contributed by atoms with Gasteiger partial charge in [0.1, 0.15) is 0 Å². The first-order valence-corrected chi connectivity index (χ1v) is 10.0. The summed E-state index contributed by atoms with van der Waals surface area (Å²) in [5, 5.41) is 4.40. The fourth-order valence-electron chi connectivity index (χ4n) is 3.21. The molecular weight excluding hydrogens is 402 g/mol. The van der Waals surface area contributed by atoms with Crippen molar-refractivity contribution < 1.29 is 4.79 Å². The van der Waals surface area contributed by atoms with E-state index in [1.807, 2.05) is 64.3 Å². The molecule has 140 valence electrons. The summed E-state index contributed by atoms with van der Waals surface area (Å²) >= 11 is 3.61. The number of aromatic nitrogens is 2. The molecule has 0 saturated heterocycles. The monoisotopic (exact) mass is 425 g/mol. The average Bonchev–Trinajstić information content (AvgIpc) is 3.15. The van der Waals surface area contributed by atoms with Gasteiger partial charge >= 0.3 is 0 Å². The number of carbonyl (C=O) groups excluding carboxylic acids is 1. The number of halogens is 1. The van der Waals surface area contributed by atoms with Crippen molar-refractivity contribution in [1.82, 2.24) is 14.7 Å². The van der Waals surface area contributed by atoms with E-state index in [0.29, 0.717) is 6.42 Å². The van der Waals surface area contributed by atoms with E-state index in [-0.39, 0.29) is 11.9 Å². The van der Waals surface area contributed by atoms with Crippen molar-refractivity contribution in [1.29, 1.82) is 0 Å². The molecule has 0 saturated carbocycles. The lowest BCUT2D eigenvalue weighted by Crippen LogP contribution is -2.35. The first kappa shape index (κ1) is 19.4. The molecule has 5 heteroatoms. The summed E-state index contributed by atoms with van der Waals surface area (Å²) < 4.78 is 2.84. The number of hydrogen-bond acceptors (Lipinski definition) is 2. The van der Waals surface area contributed by atoms with Gasteiger partial charge in [0.2, 0.25) is 5.91 Å². The van der Waals surface area contributed by atoms with E-state index in [1.165, 1.54) is 0 Å². The van der Waals surface area contributed by atoms with Crippen LogP contribution in [0.3, 0.4) is 0 Å². The summed E-state index contributed by atoms with van der Waals surface area (Å²) in [5.41, 5.74) is 3.03. The Kier molecular flexibility index (Phi) is 6.45. The maximum Gasteiger partial charge on any atom is 0.227 e. The van der Waals surface area contributed by atoms with Crippen LogP contribution in [0.2, 0.25) is 0 Å². The molecule has 4 nitrogen and oxygen atoms in total. The molecule has 27 heavy (non-hydrogen) atoms. The van der Waals surface area contributed by atoms with Crippen molar-refractivity contribution in [3.8, 4) is 5.69 Å². The summed E-state index contributed by atoms with van der Waals surface area (Å²) in [6, 6.07) is 18.0. The highest BCUT2D eigenvalue weighted by Gasteiger charge is 2.22. The molecule has 0 aliphatic heterocycles. The summed E-state index contributed by atoms with van der Waals surface area (Å²) in [6.45, 7) is 4.91. The van der Waals surface area contributed by atoms with Gasteiger partial charge < -0.3 is 4.90 Å². The van der Waals surface area contributed by atoms with Crippen LogP contribution < -0.4 is 0 Å². The Morgan fingerprint density at radius 3 is 2.56 bits per heavy atom. The van der Waals surface area contributed by atoms with Crippen LogP contribution in [0.15, 0.2) is 71.5 Å². The molecule has 0 bridgehead atoms. The van der Waals surface area contributed by atoms with Gasteiger partial charge in [-0.3, -0.25) is 4.79 Å². The predicted octanol–water partition coefficient (Wildman–Crippen LogP) is 5.18. The second kappa shape index (κ2) is 9.00. The van der Waals surface area contributed by atoms with Crippen LogP contribution in [0.25, 0.3) is 5.69 Å². The zero-order valence-electron chi connectivity index (χ0n) is 15.7. The van der Waals surface area contributed by atoms with Gasteiger partial charge in [-0.1, -0.05) is 59.3 Å². The Labute approximate surface area is 168 Å². The molecule has 3 aromatic rings. The summed E-state index contributed by atoms with van der Waals surface area (Å²) in [6.07, 6.45) is 4.98. The quantitative estimate of drug-likeness (QED) is 0.522. The third-order valence-corrected chi connectivity index (χ3v) is 5.34. The molecule has 3 rings (SSSR count). The van der Waals surface area contributed by atoms with Crippen LogP contribution in [-0.4, -0.2) is 27.1 Å². The largest absolute Gasteiger partial charge is 0.336 e. The fraction of sp³-hybridized carbons (Fsp3) is 0.273. The topological polar surface area (TPSA) is 38.1 Å². The van der Waals surface area contributed by atoms with E-state index in [9.17, 15) is 4.79 Å². The molecule has 1 unspecified atom stereocenters. The number of para-hydroxylation sites is 1. The number of nitrogens with zero attached hydrogens (tertiary/aromatic N) is 3. The Balaban J connectivity index is 1.76. The van der Waals surface area contributed by atoms with Crippen molar-refractivity contribution in [2.45, 2.75) is 32.7 Å². The van der Waals surface area contributed by atoms with Crippen molar-refractivity contribution >= 4 is 21.8 Å². The first-order valence-electron chi connectivity index (χ1n) is 9.23.